The molecule has 0 atom stereocenters. The van der Waals surface area contributed by atoms with E-state index in [2.05, 4.69) is 28.4 Å². The van der Waals surface area contributed by atoms with Gasteiger partial charge in [0.2, 0.25) is 5.91 Å². The summed E-state index contributed by atoms with van der Waals surface area (Å²) < 4.78 is 11.1. The zero-order chi connectivity index (χ0) is 19.4. The molecule has 0 radical (unpaired) electrons. The van der Waals surface area contributed by atoms with Gasteiger partial charge in [-0.2, -0.15) is 0 Å². The molecule has 1 saturated heterocycles. The predicted octanol–water partition coefficient (Wildman–Crippen LogP) is 4.08. The highest BCUT2D eigenvalue weighted by atomic mass is 32.2. The van der Waals surface area contributed by atoms with Crippen LogP contribution in [0.3, 0.4) is 0 Å². The van der Waals surface area contributed by atoms with E-state index in [-0.39, 0.29) is 5.91 Å². The number of thioether (sulfide) groups is 1. The maximum Gasteiger partial charge on any atom is 0.230 e. The lowest BCUT2D eigenvalue weighted by Gasteiger charge is -2.26. The van der Waals surface area contributed by atoms with E-state index in [1.54, 1.807) is 18.0 Å². The first-order valence-electron chi connectivity index (χ1n) is 10.1. The Hall–Kier alpha value is -1.92. The van der Waals surface area contributed by atoms with E-state index in [9.17, 15) is 4.79 Å². The van der Waals surface area contributed by atoms with Gasteiger partial charge in [-0.25, -0.2) is 0 Å². The number of nitrogens with zero attached hydrogens (tertiary/aromatic N) is 1. The summed E-state index contributed by atoms with van der Waals surface area (Å²) in [6, 6.07) is 12.2. The second-order valence-corrected chi connectivity index (χ2v) is 8.09. The number of rotatable bonds is 11. The van der Waals surface area contributed by atoms with Gasteiger partial charge in [0.05, 0.1) is 24.4 Å². The van der Waals surface area contributed by atoms with Crippen molar-refractivity contribution in [3.05, 3.63) is 54.0 Å². The summed E-state index contributed by atoms with van der Waals surface area (Å²) in [4.78, 5) is 14.3. The fraction of sp³-hybridized carbons (Fsp3) is 0.500. The van der Waals surface area contributed by atoms with Crippen LogP contribution in [-0.4, -0.2) is 42.8 Å². The van der Waals surface area contributed by atoms with Crippen molar-refractivity contribution in [2.45, 2.75) is 38.0 Å². The zero-order valence-corrected chi connectivity index (χ0v) is 17.2. The van der Waals surface area contributed by atoms with Crippen molar-refractivity contribution in [1.29, 1.82) is 0 Å². The molecule has 0 unspecified atom stereocenters. The summed E-state index contributed by atoms with van der Waals surface area (Å²) in [5, 5.41) is 2.94. The second kappa shape index (κ2) is 11.8. The van der Waals surface area contributed by atoms with Gasteiger partial charge in [0.15, 0.2) is 0 Å². The minimum absolute atomic E-state index is 0.0556. The van der Waals surface area contributed by atoms with Crippen LogP contribution in [0.25, 0.3) is 0 Å². The quantitative estimate of drug-likeness (QED) is 0.574. The second-order valence-electron chi connectivity index (χ2n) is 7.11. The van der Waals surface area contributed by atoms with Gasteiger partial charge >= 0.3 is 0 Å². The monoisotopic (exact) mass is 402 g/mol. The number of furan rings is 1. The van der Waals surface area contributed by atoms with Gasteiger partial charge < -0.3 is 14.5 Å². The molecule has 1 aromatic carbocycles. The van der Waals surface area contributed by atoms with E-state index in [1.807, 2.05) is 18.2 Å². The number of hydrogen-bond acceptors (Lipinski definition) is 5. The van der Waals surface area contributed by atoms with Crippen LogP contribution >= 0.6 is 11.8 Å². The third-order valence-corrected chi connectivity index (χ3v) is 5.68. The fourth-order valence-corrected chi connectivity index (χ4v) is 4.04. The number of benzene rings is 1. The van der Waals surface area contributed by atoms with Crippen molar-refractivity contribution in [2.75, 3.05) is 32.0 Å². The third-order valence-electron chi connectivity index (χ3n) is 4.72. The van der Waals surface area contributed by atoms with Crippen molar-refractivity contribution in [3.8, 4) is 5.75 Å². The van der Waals surface area contributed by atoms with E-state index in [0.29, 0.717) is 18.9 Å². The minimum Gasteiger partial charge on any atom is -0.494 e. The molecule has 152 valence electrons. The van der Waals surface area contributed by atoms with Gasteiger partial charge in [0, 0.05) is 13.1 Å². The van der Waals surface area contributed by atoms with Gasteiger partial charge in [-0.15, -0.1) is 11.8 Å². The molecule has 0 aliphatic carbocycles. The van der Waals surface area contributed by atoms with E-state index in [0.717, 1.165) is 30.2 Å². The van der Waals surface area contributed by atoms with Gasteiger partial charge in [0.1, 0.15) is 11.5 Å². The smallest absolute Gasteiger partial charge is 0.230 e. The Bertz CT molecular complexity index is 700. The lowest BCUT2D eigenvalue weighted by atomic mass is 10.1. The van der Waals surface area contributed by atoms with Crippen LogP contribution in [-0.2, 0) is 17.1 Å². The lowest BCUT2D eigenvalue weighted by Crippen LogP contribution is -2.29. The molecule has 1 fully saturated rings. The van der Waals surface area contributed by atoms with Crippen molar-refractivity contribution >= 4 is 17.7 Å². The summed E-state index contributed by atoms with van der Waals surface area (Å²) >= 11 is 1.55. The zero-order valence-electron chi connectivity index (χ0n) is 16.4. The largest absolute Gasteiger partial charge is 0.494 e. The Morgan fingerprint density at radius 3 is 2.89 bits per heavy atom. The van der Waals surface area contributed by atoms with Gasteiger partial charge in [0.25, 0.3) is 0 Å². The summed E-state index contributed by atoms with van der Waals surface area (Å²) in [7, 11) is 0. The van der Waals surface area contributed by atoms with E-state index in [1.165, 1.54) is 37.9 Å². The summed E-state index contributed by atoms with van der Waals surface area (Å²) in [6.45, 7) is 4.64. The average Bonchev–Trinajstić information content (AvgIpc) is 3.22. The Morgan fingerprint density at radius 2 is 2.07 bits per heavy atom. The Balaban J connectivity index is 1.26. The number of piperidine rings is 1. The van der Waals surface area contributed by atoms with Gasteiger partial charge in [-0.3, -0.25) is 9.69 Å². The molecule has 1 aliphatic heterocycles. The molecule has 0 spiro atoms. The molecule has 1 amide bonds. The number of hydrogen-bond donors (Lipinski definition) is 1. The highest BCUT2D eigenvalue weighted by Crippen LogP contribution is 2.17. The standard InChI is InChI=1S/C22H30N2O3S/c25-22(18-28-17-21-9-5-13-27-21)23-10-6-14-26-20-8-4-7-19(15-20)16-24-11-2-1-3-12-24/h4-5,7-9,13,15H,1-3,6,10-12,14,16-18H2,(H,23,25). The number of nitrogens with one attached hydrogen (secondary N) is 1. The molecule has 3 rings (SSSR count). The normalized spacial score (nSPS) is 14.7. The molecule has 6 heteroatoms. The van der Waals surface area contributed by atoms with Crippen LogP contribution in [0.15, 0.2) is 47.1 Å². The molecule has 28 heavy (non-hydrogen) atoms. The Kier molecular flexibility index (Phi) is 8.78. The third kappa shape index (κ3) is 7.60. The molecule has 1 aliphatic rings. The highest BCUT2D eigenvalue weighted by Gasteiger charge is 2.10. The van der Waals surface area contributed by atoms with Gasteiger partial charge in [-0.05, 0) is 62.2 Å². The first-order chi connectivity index (χ1) is 13.8. The number of carbonyl (C=O) groups excluding carboxylic acids is 1. The van der Waals surface area contributed by atoms with Crippen LogP contribution in [0.2, 0.25) is 0 Å². The topological polar surface area (TPSA) is 54.7 Å². The number of carbonyl (C=O) groups is 1. The molecule has 5 nitrogen and oxygen atoms in total. The van der Waals surface area contributed by atoms with Crippen LogP contribution in [0.1, 0.15) is 37.0 Å². The summed E-state index contributed by atoms with van der Waals surface area (Å²) in [6.07, 6.45) is 6.43. The van der Waals surface area contributed by atoms with E-state index >= 15 is 0 Å². The predicted molar refractivity (Wildman–Crippen MR) is 114 cm³/mol. The highest BCUT2D eigenvalue weighted by molar-refractivity contribution is 7.99. The molecule has 0 saturated carbocycles. The van der Waals surface area contributed by atoms with Crippen LogP contribution < -0.4 is 10.1 Å². The molecular weight excluding hydrogens is 372 g/mol. The van der Waals surface area contributed by atoms with Crippen LogP contribution in [0.5, 0.6) is 5.75 Å². The Morgan fingerprint density at radius 1 is 1.18 bits per heavy atom. The first-order valence-corrected chi connectivity index (χ1v) is 11.3. The maximum absolute atomic E-state index is 11.8. The maximum atomic E-state index is 11.8. The number of ether oxygens (including phenoxy) is 1. The minimum atomic E-state index is 0.0556. The SMILES string of the molecule is O=C(CSCc1ccco1)NCCCOc1cccc(CN2CCCCC2)c1. The number of likely N-dealkylation sites (tertiary alicyclic amines) is 1. The van der Waals surface area contributed by atoms with Gasteiger partial charge in [-0.1, -0.05) is 18.6 Å². The fourth-order valence-electron chi connectivity index (χ4n) is 3.29. The van der Waals surface area contributed by atoms with Crippen molar-refractivity contribution < 1.29 is 13.9 Å². The molecule has 0 bridgehead atoms. The molecule has 2 heterocycles. The molecule has 2 aromatic rings. The summed E-state index contributed by atoms with van der Waals surface area (Å²) in [5.41, 5.74) is 1.31. The van der Waals surface area contributed by atoms with Crippen molar-refractivity contribution in [1.82, 2.24) is 10.2 Å². The molecule has 1 aromatic heterocycles. The average molecular weight is 403 g/mol. The molecule has 1 N–H and O–H groups in total. The van der Waals surface area contributed by atoms with Crippen molar-refractivity contribution in [2.24, 2.45) is 0 Å². The van der Waals surface area contributed by atoms with E-state index in [4.69, 9.17) is 9.15 Å². The van der Waals surface area contributed by atoms with E-state index < -0.39 is 0 Å². The number of amides is 1. The van der Waals surface area contributed by atoms with Crippen LogP contribution in [0.4, 0.5) is 0 Å². The lowest BCUT2D eigenvalue weighted by molar-refractivity contribution is -0.118. The first kappa shape index (κ1) is 20.8. The summed E-state index contributed by atoms with van der Waals surface area (Å²) in [5.74, 6) is 3.03. The van der Waals surface area contributed by atoms with Crippen molar-refractivity contribution in [3.63, 3.8) is 0 Å². The molecular formula is C22H30N2O3S. The van der Waals surface area contributed by atoms with Crippen LogP contribution in [0, 0.1) is 0 Å². The Labute approximate surface area is 171 Å².